The number of carbonyl (C=O) groups is 2. The number of fused-ring (bicyclic) bond motifs is 1. The van der Waals surface area contributed by atoms with Crippen molar-refractivity contribution in [3.8, 4) is 5.75 Å². The summed E-state index contributed by atoms with van der Waals surface area (Å²) in [6.07, 6.45) is 1.33. The Bertz CT molecular complexity index is 978. The molecule has 168 valence electrons. The molecule has 0 unspecified atom stereocenters. The first-order valence-electron chi connectivity index (χ1n) is 9.83. The minimum atomic E-state index is -0.636. The van der Waals surface area contributed by atoms with Crippen molar-refractivity contribution in [2.75, 3.05) is 18.5 Å². The number of rotatable bonds is 6. The largest absolute Gasteiger partial charge is 0.489 e. The van der Waals surface area contributed by atoms with Crippen LogP contribution in [0.25, 0.3) is 10.9 Å². The monoisotopic (exact) mass is 432 g/mol. The lowest BCUT2D eigenvalue weighted by atomic mass is 9.96. The number of alkyl carbamates (subject to hydrolysis) is 1. The first-order chi connectivity index (χ1) is 14.4. The maximum atomic E-state index is 13.1. The van der Waals surface area contributed by atoms with Gasteiger partial charge in [0.1, 0.15) is 18.0 Å². The number of hydrogen-bond donors (Lipinski definition) is 2. The molecule has 0 aliphatic rings. The van der Waals surface area contributed by atoms with Crippen LogP contribution in [0.4, 0.5) is 15.1 Å². The number of ether oxygens (including phenoxy) is 2. The molecule has 0 radical (unpaired) electrons. The lowest BCUT2D eigenvalue weighted by Gasteiger charge is -2.20. The summed E-state index contributed by atoms with van der Waals surface area (Å²) in [6.45, 7) is 10.5. The third-order valence-electron chi connectivity index (χ3n) is 3.89. The van der Waals surface area contributed by atoms with Crippen LogP contribution in [0.15, 0.2) is 36.3 Å². The Labute approximate surface area is 181 Å². The molecule has 1 heterocycles. The van der Waals surface area contributed by atoms with Crippen molar-refractivity contribution in [3.63, 3.8) is 0 Å². The van der Waals surface area contributed by atoms with E-state index in [0.29, 0.717) is 23.0 Å². The van der Waals surface area contributed by atoms with Crippen LogP contribution in [0.3, 0.4) is 0 Å². The predicted octanol–water partition coefficient (Wildman–Crippen LogP) is 4.37. The molecular weight excluding hydrogens is 403 g/mol. The smallest absolute Gasteiger partial charge is 0.407 e. The molecule has 0 saturated carbocycles. The van der Waals surface area contributed by atoms with E-state index in [1.54, 1.807) is 65.9 Å². The highest BCUT2D eigenvalue weighted by molar-refractivity contribution is 5.93. The molecule has 2 amide bonds. The quantitative estimate of drug-likeness (QED) is 0.703. The van der Waals surface area contributed by atoms with Gasteiger partial charge in [-0.3, -0.25) is 10.1 Å². The molecule has 2 aromatic rings. The second-order valence-electron chi connectivity index (χ2n) is 9.03. The molecule has 9 heteroatoms. The Hall–Kier alpha value is -3.23. The van der Waals surface area contributed by atoms with E-state index in [1.165, 1.54) is 0 Å². The zero-order chi connectivity index (χ0) is 23.2. The van der Waals surface area contributed by atoms with Crippen LogP contribution < -0.4 is 15.4 Å². The molecule has 2 N–H and O–H groups in total. The zero-order valence-corrected chi connectivity index (χ0v) is 18.7. The van der Waals surface area contributed by atoms with E-state index >= 15 is 0 Å². The molecule has 0 atom stereocenters. The highest BCUT2D eigenvalue weighted by Gasteiger charge is 2.22. The first kappa shape index (κ1) is 24.0. The van der Waals surface area contributed by atoms with Crippen LogP contribution in [0.2, 0.25) is 0 Å². The number of benzene rings is 1. The highest BCUT2D eigenvalue weighted by atomic mass is 19.1. The van der Waals surface area contributed by atoms with Crippen molar-refractivity contribution >= 4 is 28.9 Å². The molecule has 1 aromatic heterocycles. The van der Waals surface area contributed by atoms with E-state index in [0.717, 1.165) is 0 Å². The molecule has 0 fully saturated rings. The summed E-state index contributed by atoms with van der Waals surface area (Å²) >= 11 is 0. The number of anilines is 1. The van der Waals surface area contributed by atoms with Crippen molar-refractivity contribution in [3.05, 3.63) is 36.3 Å². The summed E-state index contributed by atoms with van der Waals surface area (Å²) in [7, 11) is 0. The summed E-state index contributed by atoms with van der Waals surface area (Å²) < 4.78 is 23.9. The van der Waals surface area contributed by atoms with Crippen LogP contribution in [-0.4, -0.2) is 40.7 Å². The van der Waals surface area contributed by atoms with Crippen molar-refractivity contribution in [2.24, 2.45) is 5.41 Å². The first-order valence-corrected chi connectivity index (χ1v) is 9.83. The molecule has 2 rings (SSSR count). The van der Waals surface area contributed by atoms with Gasteiger partial charge in [0, 0.05) is 29.1 Å². The number of amides is 2. The third kappa shape index (κ3) is 7.84. The maximum absolute atomic E-state index is 13.1. The minimum absolute atomic E-state index is 0.0427. The summed E-state index contributed by atoms with van der Waals surface area (Å²) in [5.74, 6) is 0.522. The van der Waals surface area contributed by atoms with Crippen molar-refractivity contribution in [2.45, 2.75) is 47.1 Å². The third-order valence-corrected chi connectivity index (χ3v) is 3.89. The second-order valence-corrected chi connectivity index (χ2v) is 9.03. The Balaban J connectivity index is 1.97. The van der Waals surface area contributed by atoms with Gasteiger partial charge in [0.25, 0.3) is 0 Å². The van der Waals surface area contributed by atoms with Gasteiger partial charge in [-0.2, -0.15) is 0 Å². The van der Waals surface area contributed by atoms with Gasteiger partial charge in [-0.25, -0.2) is 19.2 Å². The lowest BCUT2D eigenvalue weighted by Crippen LogP contribution is -2.34. The fraction of sp³-hybridized carbons (Fsp3) is 0.455. The van der Waals surface area contributed by atoms with E-state index < -0.39 is 17.1 Å². The van der Waals surface area contributed by atoms with E-state index in [4.69, 9.17) is 9.47 Å². The van der Waals surface area contributed by atoms with Gasteiger partial charge in [-0.05, 0) is 39.0 Å². The predicted molar refractivity (Wildman–Crippen MR) is 117 cm³/mol. The van der Waals surface area contributed by atoms with Gasteiger partial charge in [0.05, 0.1) is 11.8 Å². The van der Waals surface area contributed by atoms with Crippen LogP contribution in [0.1, 0.15) is 41.5 Å². The molecule has 1 aromatic carbocycles. The minimum Gasteiger partial charge on any atom is -0.489 e. The molecule has 0 aliphatic heterocycles. The zero-order valence-electron chi connectivity index (χ0n) is 18.7. The average molecular weight is 432 g/mol. The second kappa shape index (κ2) is 9.72. The average Bonchev–Trinajstić information content (AvgIpc) is 2.66. The van der Waals surface area contributed by atoms with Crippen molar-refractivity contribution in [1.82, 2.24) is 15.3 Å². The van der Waals surface area contributed by atoms with Crippen LogP contribution in [0, 0.1) is 5.41 Å². The Morgan fingerprint density at radius 3 is 2.48 bits per heavy atom. The van der Waals surface area contributed by atoms with Crippen molar-refractivity contribution in [1.29, 1.82) is 0 Å². The molecule has 0 bridgehead atoms. The Morgan fingerprint density at radius 2 is 1.87 bits per heavy atom. The Morgan fingerprint density at radius 1 is 1.16 bits per heavy atom. The number of hydrogen-bond acceptors (Lipinski definition) is 6. The fourth-order valence-electron chi connectivity index (χ4n) is 2.25. The molecule has 0 aliphatic carbocycles. The van der Waals surface area contributed by atoms with Crippen LogP contribution >= 0.6 is 0 Å². The van der Waals surface area contributed by atoms with Crippen LogP contribution in [0.5, 0.6) is 5.75 Å². The fourth-order valence-corrected chi connectivity index (χ4v) is 2.25. The maximum Gasteiger partial charge on any atom is 0.407 e. The van der Waals surface area contributed by atoms with Gasteiger partial charge in [-0.15, -0.1) is 0 Å². The number of halogens is 1. The summed E-state index contributed by atoms with van der Waals surface area (Å²) in [5.41, 5.74) is -0.333. The standard InChI is InChI=1S/C22H29FN4O4/c1-21(2,3)18(28)27-19-24-12-15-9-16(7-8-17(15)26-19)30-13-14(10-23)11-25-20(29)31-22(4,5)6/h7-10,12H,11,13H2,1-6H3,(H,25,29)(H,24,26,27,28)/b14-10+. The summed E-state index contributed by atoms with van der Waals surface area (Å²) in [6, 6.07) is 5.11. The van der Waals surface area contributed by atoms with Gasteiger partial charge in [0.15, 0.2) is 0 Å². The topological polar surface area (TPSA) is 102 Å². The van der Waals surface area contributed by atoms with Gasteiger partial charge >= 0.3 is 6.09 Å². The molecule has 8 nitrogen and oxygen atoms in total. The molecular formula is C22H29FN4O4. The van der Waals surface area contributed by atoms with E-state index in [2.05, 4.69) is 20.6 Å². The van der Waals surface area contributed by atoms with E-state index in [1.807, 2.05) is 0 Å². The SMILES string of the molecule is CC(C)(C)OC(=O)NC/C(=C\F)COc1ccc2nc(NC(=O)C(C)(C)C)ncc2c1. The Kier molecular flexibility index (Phi) is 7.54. The lowest BCUT2D eigenvalue weighted by molar-refractivity contribution is -0.123. The van der Waals surface area contributed by atoms with E-state index in [-0.39, 0.29) is 30.6 Å². The number of aromatic nitrogens is 2. The normalized spacial score (nSPS) is 12.4. The van der Waals surface area contributed by atoms with Gasteiger partial charge < -0.3 is 14.8 Å². The summed E-state index contributed by atoms with van der Waals surface area (Å²) in [4.78, 5) is 32.3. The molecule has 31 heavy (non-hydrogen) atoms. The van der Waals surface area contributed by atoms with Crippen LogP contribution in [-0.2, 0) is 9.53 Å². The number of carbonyl (C=O) groups excluding carboxylic acids is 2. The van der Waals surface area contributed by atoms with Gasteiger partial charge in [-0.1, -0.05) is 20.8 Å². The summed E-state index contributed by atoms with van der Waals surface area (Å²) in [5, 5.41) is 5.87. The highest BCUT2D eigenvalue weighted by Crippen LogP contribution is 2.21. The number of nitrogens with one attached hydrogen (secondary N) is 2. The molecule has 0 saturated heterocycles. The van der Waals surface area contributed by atoms with Gasteiger partial charge in [0.2, 0.25) is 11.9 Å². The number of nitrogens with zero attached hydrogens (tertiary/aromatic N) is 2. The molecule has 0 spiro atoms. The van der Waals surface area contributed by atoms with E-state index in [9.17, 15) is 14.0 Å². The van der Waals surface area contributed by atoms with Crippen molar-refractivity contribution < 1.29 is 23.5 Å².